The molecule has 0 amide bonds. The minimum atomic E-state index is 0.161. The Hall–Kier alpha value is -1.20. The van der Waals surface area contributed by atoms with E-state index in [1.54, 1.807) is 11.3 Å². The van der Waals surface area contributed by atoms with E-state index in [0.29, 0.717) is 0 Å². The van der Waals surface area contributed by atoms with Crippen molar-refractivity contribution in [3.8, 4) is 10.7 Å². The SMILES string of the molecule is CCC(N)Cc1nc(-c2cccs2)n[nH]1. The van der Waals surface area contributed by atoms with E-state index in [-0.39, 0.29) is 6.04 Å². The first kappa shape index (κ1) is 10.3. The molecule has 15 heavy (non-hydrogen) atoms. The molecular formula is C10H14N4S. The largest absolute Gasteiger partial charge is 0.327 e. The molecule has 0 aliphatic heterocycles. The number of aromatic amines is 1. The normalized spacial score (nSPS) is 12.9. The van der Waals surface area contributed by atoms with Crippen LogP contribution in [0.25, 0.3) is 10.7 Å². The van der Waals surface area contributed by atoms with Gasteiger partial charge in [-0.05, 0) is 17.9 Å². The van der Waals surface area contributed by atoms with E-state index in [1.807, 2.05) is 17.5 Å². The van der Waals surface area contributed by atoms with Gasteiger partial charge >= 0.3 is 0 Å². The van der Waals surface area contributed by atoms with Gasteiger partial charge < -0.3 is 5.73 Å². The first-order chi connectivity index (χ1) is 7.29. The van der Waals surface area contributed by atoms with Crippen LogP contribution in [0.5, 0.6) is 0 Å². The number of thiophene rings is 1. The van der Waals surface area contributed by atoms with E-state index in [0.717, 1.165) is 29.4 Å². The van der Waals surface area contributed by atoms with E-state index in [1.165, 1.54) is 0 Å². The van der Waals surface area contributed by atoms with Crippen LogP contribution in [-0.4, -0.2) is 21.2 Å². The molecule has 1 unspecified atom stereocenters. The standard InChI is InChI=1S/C10H14N4S/c1-2-7(11)6-9-12-10(14-13-9)8-4-3-5-15-8/h3-5,7H,2,6,11H2,1H3,(H,12,13,14). The lowest BCUT2D eigenvalue weighted by molar-refractivity contribution is 0.626. The van der Waals surface area contributed by atoms with Crippen LogP contribution < -0.4 is 5.73 Å². The van der Waals surface area contributed by atoms with Crippen LogP contribution >= 0.6 is 11.3 Å². The first-order valence-corrected chi connectivity index (χ1v) is 5.88. The second kappa shape index (κ2) is 4.55. The molecule has 4 nitrogen and oxygen atoms in total. The number of nitrogens with two attached hydrogens (primary N) is 1. The van der Waals surface area contributed by atoms with E-state index < -0.39 is 0 Å². The van der Waals surface area contributed by atoms with Crippen molar-refractivity contribution in [3.63, 3.8) is 0 Å². The Kier molecular flexibility index (Phi) is 3.13. The number of hydrogen-bond acceptors (Lipinski definition) is 4. The third-order valence-corrected chi connectivity index (χ3v) is 3.12. The van der Waals surface area contributed by atoms with Crippen LogP contribution in [-0.2, 0) is 6.42 Å². The Balaban J connectivity index is 2.11. The summed E-state index contributed by atoms with van der Waals surface area (Å²) in [5.41, 5.74) is 5.85. The van der Waals surface area contributed by atoms with E-state index in [9.17, 15) is 0 Å². The average molecular weight is 222 g/mol. The Bertz CT molecular complexity index is 407. The molecule has 1 atom stereocenters. The van der Waals surface area contributed by atoms with Crippen LogP contribution in [0.4, 0.5) is 0 Å². The fraction of sp³-hybridized carbons (Fsp3) is 0.400. The maximum atomic E-state index is 5.85. The molecule has 5 heteroatoms. The summed E-state index contributed by atoms with van der Waals surface area (Å²) < 4.78 is 0. The predicted molar refractivity (Wildman–Crippen MR) is 61.7 cm³/mol. The van der Waals surface area contributed by atoms with Gasteiger partial charge in [-0.2, -0.15) is 5.10 Å². The fourth-order valence-electron chi connectivity index (χ4n) is 1.30. The molecule has 3 N–H and O–H groups in total. The molecule has 0 fully saturated rings. The second-order valence-electron chi connectivity index (χ2n) is 3.46. The topological polar surface area (TPSA) is 67.6 Å². The number of nitrogens with zero attached hydrogens (tertiary/aromatic N) is 2. The number of nitrogens with one attached hydrogen (secondary N) is 1. The number of rotatable bonds is 4. The minimum Gasteiger partial charge on any atom is -0.327 e. The van der Waals surface area contributed by atoms with Gasteiger partial charge in [0.2, 0.25) is 0 Å². The Morgan fingerprint density at radius 2 is 2.47 bits per heavy atom. The highest BCUT2D eigenvalue weighted by atomic mass is 32.1. The molecule has 0 aliphatic carbocycles. The number of hydrogen-bond donors (Lipinski definition) is 2. The summed E-state index contributed by atoms with van der Waals surface area (Å²) in [5, 5.41) is 9.11. The van der Waals surface area contributed by atoms with Crippen molar-refractivity contribution in [2.45, 2.75) is 25.8 Å². The Morgan fingerprint density at radius 3 is 3.13 bits per heavy atom. The summed E-state index contributed by atoms with van der Waals surface area (Å²) in [7, 11) is 0. The van der Waals surface area contributed by atoms with Gasteiger partial charge in [-0.15, -0.1) is 11.3 Å². The van der Waals surface area contributed by atoms with Gasteiger partial charge in [0.1, 0.15) is 5.82 Å². The van der Waals surface area contributed by atoms with E-state index in [2.05, 4.69) is 22.1 Å². The van der Waals surface area contributed by atoms with Crippen LogP contribution in [0.2, 0.25) is 0 Å². The molecule has 2 rings (SSSR count). The molecule has 0 spiro atoms. The van der Waals surface area contributed by atoms with Crippen molar-refractivity contribution in [1.29, 1.82) is 0 Å². The van der Waals surface area contributed by atoms with Gasteiger partial charge in [0.25, 0.3) is 0 Å². The Morgan fingerprint density at radius 1 is 1.60 bits per heavy atom. The number of aromatic nitrogens is 3. The van der Waals surface area contributed by atoms with Crippen molar-refractivity contribution in [2.24, 2.45) is 5.73 Å². The molecule has 0 saturated carbocycles. The monoisotopic (exact) mass is 222 g/mol. The maximum Gasteiger partial charge on any atom is 0.191 e. The van der Waals surface area contributed by atoms with Gasteiger partial charge in [0, 0.05) is 12.5 Å². The Labute approximate surface area is 92.5 Å². The molecule has 2 heterocycles. The zero-order chi connectivity index (χ0) is 10.7. The molecule has 0 aliphatic rings. The highest BCUT2D eigenvalue weighted by Gasteiger charge is 2.08. The maximum absolute atomic E-state index is 5.85. The summed E-state index contributed by atoms with van der Waals surface area (Å²) in [5.74, 6) is 1.64. The van der Waals surface area contributed by atoms with Gasteiger partial charge in [-0.3, -0.25) is 5.10 Å². The van der Waals surface area contributed by atoms with Crippen molar-refractivity contribution in [2.75, 3.05) is 0 Å². The molecule has 80 valence electrons. The molecule has 0 bridgehead atoms. The summed E-state index contributed by atoms with van der Waals surface area (Å²) in [4.78, 5) is 5.49. The zero-order valence-corrected chi connectivity index (χ0v) is 9.42. The van der Waals surface area contributed by atoms with Gasteiger partial charge in [0.15, 0.2) is 5.82 Å². The van der Waals surface area contributed by atoms with Crippen LogP contribution in [0.15, 0.2) is 17.5 Å². The minimum absolute atomic E-state index is 0.161. The lowest BCUT2D eigenvalue weighted by atomic mass is 10.2. The summed E-state index contributed by atoms with van der Waals surface area (Å²) in [6.45, 7) is 2.07. The molecule has 0 aromatic carbocycles. The predicted octanol–water partition coefficient (Wildman–Crippen LogP) is 1.81. The lowest BCUT2D eigenvalue weighted by Crippen LogP contribution is -2.22. The lowest BCUT2D eigenvalue weighted by Gasteiger charge is -2.03. The summed E-state index contributed by atoms with van der Waals surface area (Å²) in [6, 6.07) is 4.17. The molecular weight excluding hydrogens is 208 g/mol. The van der Waals surface area contributed by atoms with E-state index in [4.69, 9.17) is 5.73 Å². The van der Waals surface area contributed by atoms with Crippen LogP contribution in [0.1, 0.15) is 19.2 Å². The van der Waals surface area contributed by atoms with Gasteiger partial charge in [-0.1, -0.05) is 13.0 Å². The molecule has 2 aromatic heterocycles. The zero-order valence-electron chi connectivity index (χ0n) is 8.60. The smallest absolute Gasteiger partial charge is 0.191 e. The third-order valence-electron chi connectivity index (χ3n) is 2.25. The van der Waals surface area contributed by atoms with Crippen molar-refractivity contribution >= 4 is 11.3 Å². The number of H-pyrrole nitrogens is 1. The average Bonchev–Trinajstić information content (AvgIpc) is 2.85. The van der Waals surface area contributed by atoms with Gasteiger partial charge in [-0.25, -0.2) is 4.98 Å². The fourth-order valence-corrected chi connectivity index (χ4v) is 1.95. The molecule has 2 aromatic rings. The quantitative estimate of drug-likeness (QED) is 0.829. The second-order valence-corrected chi connectivity index (χ2v) is 4.40. The van der Waals surface area contributed by atoms with Crippen molar-refractivity contribution in [1.82, 2.24) is 15.2 Å². The summed E-state index contributed by atoms with van der Waals surface area (Å²) in [6.07, 6.45) is 1.71. The van der Waals surface area contributed by atoms with Gasteiger partial charge in [0.05, 0.1) is 4.88 Å². The third kappa shape index (κ3) is 2.43. The van der Waals surface area contributed by atoms with Crippen molar-refractivity contribution in [3.05, 3.63) is 23.3 Å². The van der Waals surface area contributed by atoms with E-state index >= 15 is 0 Å². The molecule has 0 radical (unpaired) electrons. The van der Waals surface area contributed by atoms with Crippen LogP contribution in [0.3, 0.4) is 0 Å². The summed E-state index contributed by atoms with van der Waals surface area (Å²) >= 11 is 1.64. The van der Waals surface area contributed by atoms with Crippen LogP contribution in [0, 0.1) is 0 Å². The van der Waals surface area contributed by atoms with Crippen molar-refractivity contribution < 1.29 is 0 Å². The highest BCUT2D eigenvalue weighted by Crippen LogP contribution is 2.20. The first-order valence-electron chi connectivity index (χ1n) is 5.00. The molecule has 0 saturated heterocycles. The highest BCUT2D eigenvalue weighted by molar-refractivity contribution is 7.13.